The van der Waals surface area contributed by atoms with Crippen LogP contribution in [0.2, 0.25) is 0 Å². The number of carboxylic acid groups (broad SMARTS) is 1. The van der Waals surface area contributed by atoms with E-state index in [0.29, 0.717) is 18.9 Å². The number of likely N-dealkylation sites (N-methyl/N-ethyl adjacent to an activating group) is 1. The molecule has 0 bridgehead atoms. The maximum absolute atomic E-state index is 12.6. The summed E-state index contributed by atoms with van der Waals surface area (Å²) in [6.45, 7) is 2.11. The quantitative estimate of drug-likeness (QED) is 0.658. The Hall–Kier alpha value is -4.14. The van der Waals surface area contributed by atoms with Gasteiger partial charge < -0.3 is 20.2 Å². The Labute approximate surface area is 183 Å². The molecule has 2 aliphatic heterocycles. The van der Waals surface area contributed by atoms with E-state index in [-0.39, 0.29) is 17.0 Å². The van der Waals surface area contributed by atoms with Crippen LogP contribution in [-0.4, -0.2) is 57.7 Å². The van der Waals surface area contributed by atoms with Gasteiger partial charge in [0.1, 0.15) is 5.82 Å². The average Bonchev–Trinajstić information content (AvgIpc) is 3.36. The third kappa shape index (κ3) is 3.37. The van der Waals surface area contributed by atoms with Gasteiger partial charge in [0, 0.05) is 43.0 Å². The SMILES string of the molecule is CN1CCc2cc(N3CCn4nc(NC(=O)c5cccc(C(=O)O)c5)cc43)ccc2C1=O. The van der Waals surface area contributed by atoms with E-state index in [1.54, 1.807) is 17.0 Å². The van der Waals surface area contributed by atoms with Crippen molar-refractivity contribution in [2.75, 3.05) is 30.4 Å². The van der Waals surface area contributed by atoms with Crippen molar-refractivity contribution >= 4 is 35.1 Å². The first kappa shape index (κ1) is 19.8. The number of nitrogens with one attached hydrogen (secondary N) is 1. The van der Waals surface area contributed by atoms with Crippen LogP contribution < -0.4 is 10.2 Å². The lowest BCUT2D eigenvalue weighted by molar-refractivity contribution is 0.0696. The summed E-state index contributed by atoms with van der Waals surface area (Å²) in [7, 11) is 1.81. The molecule has 32 heavy (non-hydrogen) atoms. The van der Waals surface area contributed by atoms with Crippen LogP contribution >= 0.6 is 0 Å². The Bertz CT molecular complexity index is 1270. The Morgan fingerprint density at radius 1 is 1.03 bits per heavy atom. The van der Waals surface area contributed by atoms with E-state index < -0.39 is 11.9 Å². The van der Waals surface area contributed by atoms with Crippen LogP contribution in [-0.2, 0) is 13.0 Å². The number of hydrogen-bond acceptors (Lipinski definition) is 5. The number of amides is 2. The van der Waals surface area contributed by atoms with Gasteiger partial charge in [-0.25, -0.2) is 9.48 Å². The molecule has 0 spiro atoms. The third-order valence-electron chi connectivity index (χ3n) is 5.88. The van der Waals surface area contributed by atoms with Gasteiger partial charge in [0.2, 0.25) is 0 Å². The normalized spacial score (nSPS) is 14.8. The molecule has 2 N–H and O–H groups in total. The topological polar surface area (TPSA) is 108 Å². The molecular weight excluding hydrogens is 410 g/mol. The summed E-state index contributed by atoms with van der Waals surface area (Å²) in [5, 5.41) is 16.3. The van der Waals surface area contributed by atoms with Crippen LogP contribution in [0, 0.1) is 0 Å². The van der Waals surface area contributed by atoms with Crippen LogP contribution in [0.25, 0.3) is 0 Å². The molecule has 162 valence electrons. The van der Waals surface area contributed by atoms with Gasteiger partial charge in [0.25, 0.3) is 11.8 Å². The number of fused-ring (bicyclic) bond motifs is 2. The van der Waals surface area contributed by atoms with Gasteiger partial charge in [-0.15, -0.1) is 0 Å². The smallest absolute Gasteiger partial charge is 0.335 e. The summed E-state index contributed by atoms with van der Waals surface area (Å²) in [6, 6.07) is 13.5. The Kier molecular flexibility index (Phi) is 4.66. The van der Waals surface area contributed by atoms with E-state index in [2.05, 4.69) is 21.4 Å². The highest BCUT2D eigenvalue weighted by molar-refractivity contribution is 6.05. The summed E-state index contributed by atoms with van der Waals surface area (Å²) in [4.78, 5) is 39.9. The number of carboxylic acids is 1. The molecular formula is C23H21N5O4. The number of hydrogen-bond donors (Lipinski definition) is 2. The largest absolute Gasteiger partial charge is 0.478 e. The highest BCUT2D eigenvalue weighted by Gasteiger charge is 2.27. The second-order valence-electron chi connectivity index (χ2n) is 7.92. The van der Waals surface area contributed by atoms with Crippen molar-refractivity contribution in [2.24, 2.45) is 0 Å². The predicted octanol–water partition coefficient (Wildman–Crippen LogP) is 2.61. The molecule has 0 saturated heterocycles. The fourth-order valence-electron chi connectivity index (χ4n) is 4.16. The zero-order valence-corrected chi connectivity index (χ0v) is 17.4. The van der Waals surface area contributed by atoms with Gasteiger partial charge in [-0.3, -0.25) is 9.59 Å². The summed E-state index contributed by atoms with van der Waals surface area (Å²) >= 11 is 0. The second kappa shape index (κ2) is 7.52. The van der Waals surface area contributed by atoms with Crippen LogP contribution in [0.3, 0.4) is 0 Å². The van der Waals surface area contributed by atoms with Gasteiger partial charge in [0.15, 0.2) is 5.82 Å². The molecule has 0 fully saturated rings. The molecule has 9 heteroatoms. The van der Waals surface area contributed by atoms with Crippen LogP contribution in [0.5, 0.6) is 0 Å². The van der Waals surface area contributed by atoms with Gasteiger partial charge in [-0.05, 0) is 48.4 Å². The lowest BCUT2D eigenvalue weighted by Crippen LogP contribution is -2.34. The van der Waals surface area contributed by atoms with Gasteiger partial charge in [-0.1, -0.05) is 6.07 Å². The van der Waals surface area contributed by atoms with Gasteiger partial charge in [0.05, 0.1) is 12.1 Å². The zero-order valence-electron chi connectivity index (χ0n) is 17.4. The number of benzene rings is 2. The van der Waals surface area contributed by atoms with E-state index in [1.807, 2.05) is 23.9 Å². The van der Waals surface area contributed by atoms with Crippen LogP contribution in [0.15, 0.2) is 48.5 Å². The number of nitrogens with zero attached hydrogens (tertiary/aromatic N) is 4. The van der Waals surface area contributed by atoms with E-state index in [4.69, 9.17) is 5.11 Å². The molecule has 0 saturated carbocycles. The highest BCUT2D eigenvalue weighted by atomic mass is 16.4. The Balaban J connectivity index is 1.37. The monoisotopic (exact) mass is 431 g/mol. The molecule has 0 aliphatic carbocycles. The summed E-state index contributed by atoms with van der Waals surface area (Å²) in [5.41, 5.74) is 3.06. The van der Waals surface area contributed by atoms with Crippen molar-refractivity contribution in [3.63, 3.8) is 0 Å². The number of aromatic carboxylic acids is 1. The standard InChI is InChI=1S/C23H21N5O4/c1-26-8-7-14-12-17(5-6-18(14)22(26)30)27-9-10-28-20(27)13-19(25-28)24-21(29)15-3-2-4-16(11-15)23(31)32/h2-6,11-13H,7-10H2,1H3,(H,31,32)(H,24,25,29). The van der Waals surface area contributed by atoms with Crippen LogP contribution in [0.1, 0.15) is 36.6 Å². The fraction of sp³-hybridized carbons (Fsp3) is 0.217. The fourth-order valence-corrected chi connectivity index (χ4v) is 4.16. The van der Waals surface area contributed by atoms with E-state index in [9.17, 15) is 14.4 Å². The zero-order chi connectivity index (χ0) is 22.4. The van der Waals surface area contributed by atoms with Crippen LogP contribution in [0.4, 0.5) is 17.3 Å². The summed E-state index contributed by atoms with van der Waals surface area (Å²) < 4.78 is 1.82. The third-order valence-corrected chi connectivity index (χ3v) is 5.88. The van der Waals surface area contributed by atoms with Crippen molar-refractivity contribution in [3.8, 4) is 0 Å². The van der Waals surface area contributed by atoms with Crippen molar-refractivity contribution in [1.82, 2.24) is 14.7 Å². The minimum Gasteiger partial charge on any atom is -0.478 e. The van der Waals surface area contributed by atoms with Crippen molar-refractivity contribution in [1.29, 1.82) is 0 Å². The Morgan fingerprint density at radius 3 is 2.66 bits per heavy atom. The minimum absolute atomic E-state index is 0.0428. The first-order valence-corrected chi connectivity index (χ1v) is 10.3. The first-order valence-electron chi connectivity index (χ1n) is 10.3. The summed E-state index contributed by atoms with van der Waals surface area (Å²) in [5.74, 6) is -0.229. The molecule has 1 aromatic heterocycles. The summed E-state index contributed by atoms with van der Waals surface area (Å²) in [6.07, 6.45) is 0.815. The van der Waals surface area contributed by atoms with Gasteiger partial charge in [-0.2, -0.15) is 5.10 Å². The molecule has 2 aromatic carbocycles. The lowest BCUT2D eigenvalue weighted by atomic mass is 9.98. The number of anilines is 3. The molecule has 0 atom stereocenters. The van der Waals surface area contributed by atoms with Crippen molar-refractivity contribution < 1.29 is 19.5 Å². The molecule has 3 aromatic rings. The maximum atomic E-state index is 12.6. The molecule has 3 heterocycles. The molecule has 5 rings (SSSR count). The highest BCUT2D eigenvalue weighted by Crippen LogP contribution is 2.34. The van der Waals surface area contributed by atoms with E-state index in [0.717, 1.165) is 35.6 Å². The Morgan fingerprint density at radius 2 is 1.84 bits per heavy atom. The number of rotatable bonds is 4. The predicted molar refractivity (Wildman–Crippen MR) is 118 cm³/mol. The molecule has 2 aliphatic rings. The number of carbonyl (C=O) groups excluding carboxylic acids is 2. The second-order valence-corrected chi connectivity index (χ2v) is 7.92. The molecule has 9 nitrogen and oxygen atoms in total. The van der Waals surface area contributed by atoms with E-state index >= 15 is 0 Å². The van der Waals surface area contributed by atoms with Crippen molar-refractivity contribution in [2.45, 2.75) is 13.0 Å². The average molecular weight is 431 g/mol. The molecule has 0 radical (unpaired) electrons. The number of carbonyl (C=O) groups is 3. The van der Waals surface area contributed by atoms with E-state index in [1.165, 1.54) is 18.2 Å². The van der Waals surface area contributed by atoms with Crippen molar-refractivity contribution in [3.05, 3.63) is 70.8 Å². The maximum Gasteiger partial charge on any atom is 0.335 e. The van der Waals surface area contributed by atoms with Gasteiger partial charge >= 0.3 is 5.97 Å². The first-order chi connectivity index (χ1) is 15.4. The molecule has 2 amide bonds. The minimum atomic E-state index is -1.09. The number of aromatic nitrogens is 2. The lowest BCUT2D eigenvalue weighted by Gasteiger charge is -2.26. The molecule has 0 unspecified atom stereocenters.